The van der Waals surface area contributed by atoms with E-state index in [1.807, 2.05) is 18.2 Å². The molecule has 0 atom stereocenters. The number of hydrogen-bond donors (Lipinski definition) is 1. The van der Waals surface area contributed by atoms with Gasteiger partial charge in [-0.15, -0.1) is 5.10 Å². The normalized spacial score (nSPS) is 10.8. The Hall–Kier alpha value is -2.41. The lowest BCUT2D eigenvalue weighted by Crippen LogP contribution is -2.32. The van der Waals surface area contributed by atoms with Crippen LogP contribution in [0.25, 0.3) is 10.9 Å². The minimum absolute atomic E-state index is 0.115. The first-order chi connectivity index (χ1) is 12.5. The summed E-state index contributed by atoms with van der Waals surface area (Å²) in [5.74, 6) is 0.310. The molecule has 0 aliphatic heterocycles. The largest absolute Gasteiger partial charge is 0.486 e. The summed E-state index contributed by atoms with van der Waals surface area (Å²) in [5, 5.41) is 9.70. The van der Waals surface area contributed by atoms with E-state index in [0.717, 1.165) is 5.39 Å². The summed E-state index contributed by atoms with van der Waals surface area (Å²) in [6, 6.07) is 10.8. The summed E-state index contributed by atoms with van der Waals surface area (Å²) < 4.78 is 5.89. The van der Waals surface area contributed by atoms with Gasteiger partial charge in [-0.3, -0.25) is 4.79 Å². The minimum atomic E-state index is -0.259. The molecule has 1 heterocycles. The van der Waals surface area contributed by atoms with Gasteiger partial charge in [-0.25, -0.2) is 0 Å². The number of rotatable bonds is 5. The van der Waals surface area contributed by atoms with Gasteiger partial charge in [-0.1, -0.05) is 35.3 Å². The van der Waals surface area contributed by atoms with Gasteiger partial charge in [0.2, 0.25) is 5.91 Å². The van der Waals surface area contributed by atoms with Crippen LogP contribution in [0.4, 0.5) is 5.69 Å². The first-order valence-corrected chi connectivity index (χ1v) is 8.55. The number of benzene rings is 2. The Morgan fingerprint density at radius 2 is 2.04 bits per heavy atom. The second-order valence-corrected chi connectivity index (χ2v) is 6.31. The van der Waals surface area contributed by atoms with E-state index in [9.17, 15) is 4.79 Å². The molecule has 0 aliphatic rings. The Kier molecular flexibility index (Phi) is 5.56. The zero-order chi connectivity index (χ0) is 18.7. The van der Waals surface area contributed by atoms with Crippen molar-refractivity contribution < 1.29 is 9.53 Å². The van der Waals surface area contributed by atoms with E-state index in [1.165, 1.54) is 4.90 Å². The van der Waals surface area contributed by atoms with Crippen molar-refractivity contribution in [2.75, 3.05) is 18.5 Å². The number of hydrogen-bond acceptors (Lipinski definition) is 5. The predicted molar refractivity (Wildman–Crippen MR) is 103 cm³/mol. The third kappa shape index (κ3) is 3.58. The summed E-state index contributed by atoms with van der Waals surface area (Å²) in [4.78, 5) is 13.2. The first kappa shape index (κ1) is 18.4. The molecule has 1 amide bonds. The highest BCUT2D eigenvalue weighted by Gasteiger charge is 2.18. The number of ether oxygens (including phenoxy) is 1. The van der Waals surface area contributed by atoms with Gasteiger partial charge >= 0.3 is 0 Å². The van der Waals surface area contributed by atoms with E-state index in [0.29, 0.717) is 32.6 Å². The molecule has 0 radical (unpaired) electrons. The van der Waals surface area contributed by atoms with Crippen molar-refractivity contribution in [3.63, 3.8) is 0 Å². The monoisotopic (exact) mass is 390 g/mol. The lowest BCUT2D eigenvalue weighted by Gasteiger charge is -2.20. The Labute approximate surface area is 160 Å². The molecule has 0 aliphatic carbocycles. The molecule has 0 spiro atoms. The zero-order valence-corrected chi connectivity index (χ0v) is 15.5. The van der Waals surface area contributed by atoms with E-state index >= 15 is 0 Å². The molecular weight excluding hydrogens is 375 g/mol. The minimum Gasteiger partial charge on any atom is -0.486 e. The van der Waals surface area contributed by atoms with Gasteiger partial charge in [0, 0.05) is 23.0 Å². The third-order valence-corrected chi connectivity index (χ3v) is 4.73. The highest BCUT2D eigenvalue weighted by atomic mass is 35.5. The van der Waals surface area contributed by atoms with E-state index in [2.05, 4.69) is 10.2 Å². The standard InChI is InChI=1S/C18H16Cl2N4O2/c1-24(16(25)9-21)14-6-5-13(19)12(17(14)20)10-26-15-4-2-3-11-7-8-22-23-18(11)15/h2-8H,9-10,21H2,1H3. The van der Waals surface area contributed by atoms with Crippen molar-refractivity contribution in [3.8, 4) is 5.75 Å². The van der Waals surface area contributed by atoms with E-state index in [-0.39, 0.29) is 19.1 Å². The summed E-state index contributed by atoms with van der Waals surface area (Å²) in [6.07, 6.45) is 1.62. The summed E-state index contributed by atoms with van der Waals surface area (Å²) in [6.45, 7) is 0.00180. The number of halogens is 2. The van der Waals surface area contributed by atoms with E-state index in [4.69, 9.17) is 33.7 Å². The van der Waals surface area contributed by atoms with Gasteiger partial charge in [-0.05, 0) is 24.3 Å². The number of aromatic nitrogens is 2. The van der Waals surface area contributed by atoms with Crippen LogP contribution >= 0.6 is 23.2 Å². The van der Waals surface area contributed by atoms with Crippen molar-refractivity contribution in [1.29, 1.82) is 0 Å². The quantitative estimate of drug-likeness (QED) is 0.721. The highest BCUT2D eigenvalue weighted by Crippen LogP contribution is 2.35. The first-order valence-electron chi connectivity index (χ1n) is 7.79. The van der Waals surface area contributed by atoms with E-state index < -0.39 is 0 Å². The molecule has 134 valence electrons. The maximum Gasteiger partial charge on any atom is 0.240 e. The highest BCUT2D eigenvalue weighted by molar-refractivity contribution is 6.38. The van der Waals surface area contributed by atoms with Gasteiger partial charge < -0.3 is 15.4 Å². The average molecular weight is 391 g/mol. The maximum atomic E-state index is 11.8. The average Bonchev–Trinajstić information content (AvgIpc) is 2.67. The number of amides is 1. The van der Waals surface area contributed by atoms with Crippen LogP contribution in [0.1, 0.15) is 5.56 Å². The molecule has 2 N–H and O–H groups in total. The SMILES string of the molecule is CN(C(=O)CN)c1ccc(Cl)c(COc2cccc3ccnnc23)c1Cl. The van der Waals surface area contributed by atoms with Crippen molar-refractivity contribution in [3.05, 3.63) is 58.2 Å². The maximum absolute atomic E-state index is 11.8. The fraction of sp³-hybridized carbons (Fsp3) is 0.167. The smallest absolute Gasteiger partial charge is 0.240 e. The molecule has 2 aromatic carbocycles. The lowest BCUT2D eigenvalue weighted by atomic mass is 10.2. The molecule has 3 rings (SSSR count). The van der Waals surface area contributed by atoms with Crippen molar-refractivity contribution in [2.45, 2.75) is 6.61 Å². The van der Waals surface area contributed by atoms with Crippen LogP contribution in [0.3, 0.4) is 0 Å². The van der Waals surface area contributed by atoms with Crippen LogP contribution in [-0.4, -0.2) is 29.7 Å². The predicted octanol–water partition coefficient (Wildman–Crippen LogP) is 3.44. The molecule has 3 aromatic rings. The van der Waals surface area contributed by atoms with Gasteiger partial charge in [0.1, 0.15) is 17.9 Å². The molecule has 1 aromatic heterocycles. The number of nitrogens with zero attached hydrogens (tertiary/aromatic N) is 3. The molecule has 26 heavy (non-hydrogen) atoms. The third-order valence-electron chi connectivity index (χ3n) is 3.96. The van der Waals surface area contributed by atoms with Crippen molar-refractivity contribution in [2.24, 2.45) is 5.73 Å². The second-order valence-electron chi connectivity index (χ2n) is 5.53. The molecule has 0 bridgehead atoms. The summed E-state index contributed by atoms with van der Waals surface area (Å²) >= 11 is 12.8. The molecule has 0 saturated heterocycles. The van der Waals surface area contributed by atoms with Crippen LogP contribution < -0.4 is 15.4 Å². The van der Waals surface area contributed by atoms with Crippen LogP contribution in [0.2, 0.25) is 10.0 Å². The van der Waals surface area contributed by atoms with Crippen LogP contribution in [0.15, 0.2) is 42.6 Å². The number of likely N-dealkylation sites (N-methyl/N-ethyl adjacent to an activating group) is 1. The van der Waals surface area contributed by atoms with Crippen LogP contribution in [0.5, 0.6) is 5.75 Å². The Morgan fingerprint density at radius 1 is 1.23 bits per heavy atom. The summed E-state index contributed by atoms with van der Waals surface area (Å²) in [5.41, 5.74) is 7.15. The van der Waals surface area contributed by atoms with Gasteiger partial charge in [0.05, 0.1) is 23.5 Å². The summed E-state index contributed by atoms with van der Waals surface area (Å²) in [7, 11) is 1.61. The Morgan fingerprint density at radius 3 is 2.81 bits per heavy atom. The Balaban J connectivity index is 1.91. The molecule has 6 nitrogen and oxygen atoms in total. The number of nitrogens with two attached hydrogens (primary N) is 1. The number of carbonyl (C=O) groups is 1. The number of carbonyl (C=O) groups excluding carboxylic acids is 1. The van der Waals surface area contributed by atoms with Gasteiger partial charge in [-0.2, -0.15) is 5.10 Å². The number of fused-ring (bicyclic) bond motifs is 1. The molecule has 8 heteroatoms. The number of anilines is 1. The fourth-order valence-electron chi connectivity index (χ4n) is 2.50. The van der Waals surface area contributed by atoms with E-state index in [1.54, 1.807) is 31.4 Å². The topological polar surface area (TPSA) is 81.3 Å². The molecule has 0 fully saturated rings. The fourth-order valence-corrected chi connectivity index (χ4v) is 3.11. The molecular formula is C18H16Cl2N4O2. The van der Waals surface area contributed by atoms with Gasteiger partial charge in [0.25, 0.3) is 0 Å². The van der Waals surface area contributed by atoms with Crippen LogP contribution in [0, 0.1) is 0 Å². The molecule has 0 saturated carbocycles. The molecule has 0 unspecified atom stereocenters. The van der Waals surface area contributed by atoms with Crippen LogP contribution in [-0.2, 0) is 11.4 Å². The van der Waals surface area contributed by atoms with Gasteiger partial charge in [0.15, 0.2) is 0 Å². The Bertz CT molecular complexity index is 960. The van der Waals surface area contributed by atoms with Crippen molar-refractivity contribution >= 4 is 45.7 Å². The zero-order valence-electron chi connectivity index (χ0n) is 13.9. The lowest BCUT2D eigenvalue weighted by molar-refractivity contribution is -0.117. The second kappa shape index (κ2) is 7.86. The van der Waals surface area contributed by atoms with Crippen molar-refractivity contribution in [1.82, 2.24) is 10.2 Å².